The van der Waals surface area contributed by atoms with Crippen LogP contribution in [0.5, 0.6) is 0 Å². The molecule has 0 radical (unpaired) electrons. The summed E-state index contributed by atoms with van der Waals surface area (Å²) in [5.74, 6) is 1.04. The first-order valence-electron chi connectivity index (χ1n) is 11.5. The zero-order valence-corrected chi connectivity index (χ0v) is 19.8. The topological polar surface area (TPSA) is 61.3 Å². The molecule has 0 unspecified atom stereocenters. The largest absolute Gasteiger partial charge is 0.354 e. The van der Waals surface area contributed by atoms with Crippen LogP contribution < -0.4 is 5.56 Å². The zero-order valence-electron chi connectivity index (χ0n) is 19.8. The Hall–Kier alpha value is -2.86. The SMILES string of the molecule is CC(C)c1c(-c2ccc(=O)n(C)c2)[nH]c2ccc(C3CCN(CC(=O)N(C)C)CC3)cc12. The molecule has 0 bridgehead atoms. The van der Waals surface area contributed by atoms with Gasteiger partial charge in [-0.25, -0.2) is 0 Å². The van der Waals surface area contributed by atoms with E-state index in [9.17, 15) is 9.59 Å². The van der Waals surface area contributed by atoms with Crippen molar-refractivity contribution in [3.8, 4) is 11.3 Å². The Morgan fingerprint density at radius 1 is 1.16 bits per heavy atom. The minimum absolute atomic E-state index is 0.00290. The van der Waals surface area contributed by atoms with Gasteiger partial charge in [-0.2, -0.15) is 0 Å². The van der Waals surface area contributed by atoms with Crippen LogP contribution in [0.15, 0.2) is 41.3 Å². The Labute approximate surface area is 189 Å². The number of carbonyl (C=O) groups excluding carboxylic acids is 1. The number of aromatic amines is 1. The predicted molar refractivity (Wildman–Crippen MR) is 130 cm³/mol. The molecule has 1 aliphatic rings. The van der Waals surface area contributed by atoms with Gasteiger partial charge in [0.15, 0.2) is 0 Å². The van der Waals surface area contributed by atoms with Crippen molar-refractivity contribution < 1.29 is 4.79 Å². The molecule has 1 aromatic carbocycles. The normalized spacial score (nSPS) is 15.6. The van der Waals surface area contributed by atoms with Gasteiger partial charge in [0.25, 0.3) is 0 Å². The van der Waals surface area contributed by atoms with E-state index in [0.717, 1.165) is 42.7 Å². The highest BCUT2D eigenvalue weighted by Gasteiger charge is 2.24. The molecule has 4 rings (SSSR count). The summed E-state index contributed by atoms with van der Waals surface area (Å²) in [6.07, 6.45) is 4.05. The van der Waals surface area contributed by atoms with Gasteiger partial charge in [-0.1, -0.05) is 19.9 Å². The molecule has 6 heteroatoms. The standard InChI is InChI=1S/C26H34N4O2/c1-17(2)25-21-14-19(18-10-12-30(13-11-18)16-24(32)28(3)4)6-8-22(21)27-26(25)20-7-9-23(31)29(5)15-20/h6-9,14-15,17-18,27H,10-13,16H2,1-5H3. The van der Waals surface area contributed by atoms with Crippen molar-refractivity contribution in [3.63, 3.8) is 0 Å². The fraction of sp³-hybridized carbons (Fsp3) is 0.462. The molecule has 1 saturated heterocycles. The van der Waals surface area contributed by atoms with Crippen molar-refractivity contribution in [2.45, 2.75) is 38.5 Å². The highest BCUT2D eigenvalue weighted by molar-refractivity contribution is 5.91. The molecule has 1 N–H and O–H groups in total. The fourth-order valence-corrected chi connectivity index (χ4v) is 4.81. The summed E-state index contributed by atoms with van der Waals surface area (Å²) in [7, 11) is 5.42. The van der Waals surface area contributed by atoms with E-state index in [0.29, 0.717) is 18.4 Å². The Morgan fingerprint density at radius 3 is 2.50 bits per heavy atom. The maximum absolute atomic E-state index is 12.0. The Bertz CT molecular complexity index is 1180. The number of nitrogens with zero attached hydrogens (tertiary/aromatic N) is 3. The number of benzene rings is 1. The second kappa shape index (κ2) is 8.94. The van der Waals surface area contributed by atoms with E-state index < -0.39 is 0 Å². The fourth-order valence-electron chi connectivity index (χ4n) is 4.81. The molecule has 0 spiro atoms. The van der Waals surface area contributed by atoms with Gasteiger partial charge < -0.3 is 14.5 Å². The van der Waals surface area contributed by atoms with Crippen LogP contribution in [0.25, 0.3) is 22.2 Å². The van der Waals surface area contributed by atoms with Gasteiger partial charge in [0.2, 0.25) is 11.5 Å². The number of rotatable bonds is 5. The van der Waals surface area contributed by atoms with Gasteiger partial charge in [-0.15, -0.1) is 0 Å². The van der Waals surface area contributed by atoms with Crippen LogP contribution in [0.3, 0.4) is 0 Å². The van der Waals surface area contributed by atoms with Gasteiger partial charge in [-0.05, 0) is 67.1 Å². The second-order valence-electron chi connectivity index (χ2n) is 9.58. The van der Waals surface area contributed by atoms with Crippen LogP contribution in [-0.2, 0) is 11.8 Å². The number of pyridine rings is 1. The Balaban J connectivity index is 1.62. The van der Waals surface area contributed by atoms with Crippen LogP contribution in [0.4, 0.5) is 0 Å². The molecule has 0 atom stereocenters. The molecule has 1 fully saturated rings. The summed E-state index contributed by atoms with van der Waals surface area (Å²) in [6, 6.07) is 10.3. The first kappa shape index (κ1) is 22.3. The number of likely N-dealkylation sites (N-methyl/N-ethyl adjacent to an activating group) is 1. The third-order valence-electron chi connectivity index (χ3n) is 6.73. The van der Waals surface area contributed by atoms with Crippen molar-refractivity contribution in [2.75, 3.05) is 33.7 Å². The molecule has 0 aliphatic carbocycles. The average molecular weight is 435 g/mol. The second-order valence-corrected chi connectivity index (χ2v) is 9.58. The molecule has 1 aliphatic heterocycles. The van der Waals surface area contributed by atoms with E-state index in [-0.39, 0.29) is 11.5 Å². The number of aryl methyl sites for hydroxylation is 1. The lowest BCUT2D eigenvalue weighted by molar-refractivity contribution is -0.130. The number of aromatic nitrogens is 2. The summed E-state index contributed by atoms with van der Waals surface area (Å²) >= 11 is 0. The molecule has 0 saturated carbocycles. The maximum atomic E-state index is 12.0. The van der Waals surface area contributed by atoms with Gasteiger partial charge in [0, 0.05) is 49.9 Å². The summed E-state index contributed by atoms with van der Waals surface area (Å²) < 4.78 is 1.63. The molecule has 3 aromatic rings. The smallest absolute Gasteiger partial charge is 0.250 e. The van der Waals surface area contributed by atoms with Crippen molar-refractivity contribution in [2.24, 2.45) is 7.05 Å². The third-order valence-corrected chi connectivity index (χ3v) is 6.73. The quantitative estimate of drug-likeness (QED) is 0.662. The first-order valence-corrected chi connectivity index (χ1v) is 11.5. The Kier molecular flexibility index (Phi) is 6.24. The summed E-state index contributed by atoms with van der Waals surface area (Å²) in [5, 5.41) is 1.27. The van der Waals surface area contributed by atoms with E-state index in [1.807, 2.05) is 26.4 Å². The molecule has 2 aromatic heterocycles. The van der Waals surface area contributed by atoms with Gasteiger partial charge in [-0.3, -0.25) is 14.5 Å². The average Bonchev–Trinajstić information content (AvgIpc) is 3.15. The summed E-state index contributed by atoms with van der Waals surface area (Å²) in [5.41, 5.74) is 5.94. The van der Waals surface area contributed by atoms with Crippen molar-refractivity contribution in [3.05, 3.63) is 58.0 Å². The van der Waals surface area contributed by atoms with Gasteiger partial charge in [0.1, 0.15) is 0 Å². The van der Waals surface area contributed by atoms with E-state index in [1.165, 1.54) is 16.5 Å². The first-order chi connectivity index (χ1) is 15.2. The van der Waals surface area contributed by atoms with Crippen LogP contribution in [-0.4, -0.2) is 59.0 Å². The highest BCUT2D eigenvalue weighted by Crippen LogP contribution is 2.38. The van der Waals surface area contributed by atoms with E-state index in [1.54, 1.807) is 22.6 Å². The number of fused-ring (bicyclic) bond motifs is 1. The number of nitrogens with one attached hydrogen (secondary N) is 1. The number of piperidine rings is 1. The molecule has 1 amide bonds. The molecule has 3 heterocycles. The summed E-state index contributed by atoms with van der Waals surface area (Å²) in [4.78, 5) is 31.4. The monoisotopic (exact) mass is 434 g/mol. The number of amides is 1. The van der Waals surface area contributed by atoms with E-state index in [4.69, 9.17) is 0 Å². The minimum atomic E-state index is -0.00290. The Morgan fingerprint density at radius 2 is 1.88 bits per heavy atom. The van der Waals surface area contributed by atoms with Crippen LogP contribution in [0.1, 0.15) is 49.7 Å². The molecule has 32 heavy (non-hydrogen) atoms. The minimum Gasteiger partial charge on any atom is -0.354 e. The van der Waals surface area contributed by atoms with Crippen molar-refractivity contribution in [1.29, 1.82) is 0 Å². The number of hydrogen-bond acceptors (Lipinski definition) is 3. The van der Waals surface area contributed by atoms with Crippen LogP contribution in [0.2, 0.25) is 0 Å². The number of carbonyl (C=O) groups is 1. The number of H-pyrrole nitrogens is 1. The molecular formula is C26H34N4O2. The zero-order chi connectivity index (χ0) is 23.0. The van der Waals surface area contributed by atoms with Crippen molar-refractivity contribution in [1.82, 2.24) is 19.4 Å². The predicted octanol–water partition coefficient (Wildman–Crippen LogP) is 3.92. The maximum Gasteiger partial charge on any atom is 0.250 e. The highest BCUT2D eigenvalue weighted by atomic mass is 16.2. The number of hydrogen-bond donors (Lipinski definition) is 1. The third kappa shape index (κ3) is 4.37. The van der Waals surface area contributed by atoms with Crippen LogP contribution in [0, 0.1) is 0 Å². The van der Waals surface area contributed by atoms with Gasteiger partial charge >= 0.3 is 0 Å². The molecule has 6 nitrogen and oxygen atoms in total. The van der Waals surface area contributed by atoms with Crippen molar-refractivity contribution >= 4 is 16.8 Å². The van der Waals surface area contributed by atoms with Crippen LogP contribution >= 0.6 is 0 Å². The lowest BCUT2D eigenvalue weighted by Gasteiger charge is -2.32. The molecule has 170 valence electrons. The van der Waals surface area contributed by atoms with Gasteiger partial charge in [0.05, 0.1) is 12.2 Å². The lowest BCUT2D eigenvalue weighted by atomic mass is 9.87. The summed E-state index contributed by atoms with van der Waals surface area (Å²) in [6.45, 7) is 6.87. The van der Waals surface area contributed by atoms with E-state index in [2.05, 4.69) is 41.9 Å². The number of likely N-dealkylation sites (tertiary alicyclic amines) is 1. The lowest BCUT2D eigenvalue weighted by Crippen LogP contribution is -2.40. The molecular weight excluding hydrogens is 400 g/mol. The van der Waals surface area contributed by atoms with E-state index >= 15 is 0 Å².